The smallest absolute Gasteiger partial charge is 0.336 e. The number of carbonyl (C=O) groups excluding carboxylic acids is 1. The highest BCUT2D eigenvalue weighted by Gasteiger charge is 2.11. The van der Waals surface area contributed by atoms with Crippen LogP contribution in [0.1, 0.15) is 35.6 Å². The Labute approximate surface area is 175 Å². The molecule has 2 aromatic carbocycles. The van der Waals surface area contributed by atoms with Gasteiger partial charge in [0.15, 0.2) is 0 Å². The number of thioether (sulfide) groups is 1. The molecule has 0 unspecified atom stereocenters. The molecule has 0 radical (unpaired) electrons. The fraction of sp³-hybridized carbons (Fsp3) is 0.333. The molecular weight excluding hydrogens is 382 g/mol. The first kappa shape index (κ1) is 21.2. The average Bonchev–Trinajstić information content (AvgIpc) is 2.68. The minimum absolute atomic E-state index is 0.0230. The summed E-state index contributed by atoms with van der Waals surface area (Å²) >= 11 is 1.51. The first-order valence-electron chi connectivity index (χ1n) is 9.87. The third-order valence-electron chi connectivity index (χ3n) is 5.05. The van der Waals surface area contributed by atoms with Gasteiger partial charge in [0.05, 0.1) is 5.75 Å². The first-order valence-corrected chi connectivity index (χ1v) is 11.0. The van der Waals surface area contributed by atoms with Gasteiger partial charge in [-0.05, 0) is 68.0 Å². The fourth-order valence-corrected chi connectivity index (χ4v) is 4.10. The second-order valence-corrected chi connectivity index (χ2v) is 8.49. The van der Waals surface area contributed by atoms with Crippen LogP contribution < -0.4 is 10.9 Å². The highest BCUT2D eigenvalue weighted by atomic mass is 32.2. The highest BCUT2D eigenvalue weighted by molar-refractivity contribution is 7.99. The standard InChI is InChI=1S/C24H27NO3S/c1-16-11-21-20(13-24(27)28-22(21)12-17(16)2)14-29-15-23(26)25-18(3)9-10-19-7-5-4-6-8-19/h4-8,11-13,18H,9-10,14-15H2,1-3H3,(H,25,26)/t18-/m1/s1. The number of fused-ring (bicyclic) bond motifs is 1. The third-order valence-corrected chi connectivity index (χ3v) is 6.03. The molecule has 152 valence electrons. The van der Waals surface area contributed by atoms with E-state index in [1.54, 1.807) is 0 Å². The van der Waals surface area contributed by atoms with Crippen molar-refractivity contribution in [2.45, 2.75) is 45.4 Å². The Balaban J connectivity index is 1.52. The summed E-state index contributed by atoms with van der Waals surface area (Å²) in [6.07, 6.45) is 1.85. The maximum absolute atomic E-state index is 12.3. The Morgan fingerprint density at radius 1 is 1.10 bits per heavy atom. The molecule has 0 aliphatic rings. The van der Waals surface area contributed by atoms with Gasteiger partial charge in [-0.25, -0.2) is 4.79 Å². The lowest BCUT2D eigenvalue weighted by Crippen LogP contribution is -2.34. The molecule has 1 N–H and O–H groups in total. The number of amides is 1. The minimum Gasteiger partial charge on any atom is -0.423 e. The molecule has 0 fully saturated rings. The zero-order chi connectivity index (χ0) is 20.8. The van der Waals surface area contributed by atoms with Crippen molar-refractivity contribution in [2.75, 3.05) is 5.75 Å². The van der Waals surface area contributed by atoms with Gasteiger partial charge in [0.2, 0.25) is 5.91 Å². The van der Waals surface area contributed by atoms with E-state index in [2.05, 4.69) is 23.5 Å². The summed E-state index contributed by atoms with van der Waals surface area (Å²) in [5.41, 5.74) is 4.69. The third kappa shape index (κ3) is 5.97. The van der Waals surface area contributed by atoms with Gasteiger partial charge in [-0.15, -0.1) is 11.8 Å². The van der Waals surface area contributed by atoms with E-state index in [0.717, 1.165) is 34.9 Å². The van der Waals surface area contributed by atoms with Crippen LogP contribution in [0.5, 0.6) is 0 Å². The molecule has 0 aliphatic carbocycles. The summed E-state index contributed by atoms with van der Waals surface area (Å²) in [5.74, 6) is 0.980. The molecule has 3 rings (SSSR count). The Bertz CT molecular complexity index is 1040. The van der Waals surface area contributed by atoms with Gasteiger partial charge in [-0.2, -0.15) is 0 Å². The normalized spacial score (nSPS) is 12.1. The Morgan fingerprint density at radius 2 is 1.83 bits per heavy atom. The molecule has 1 heterocycles. The molecule has 5 heteroatoms. The predicted molar refractivity (Wildman–Crippen MR) is 120 cm³/mol. The van der Waals surface area contributed by atoms with Crippen LogP contribution in [-0.2, 0) is 17.0 Å². The molecular formula is C24H27NO3S. The number of hydrogen-bond donors (Lipinski definition) is 1. The average molecular weight is 410 g/mol. The predicted octanol–water partition coefficient (Wildman–Crippen LogP) is 4.78. The Hall–Kier alpha value is -2.53. The van der Waals surface area contributed by atoms with Gasteiger partial charge in [0.25, 0.3) is 0 Å². The van der Waals surface area contributed by atoms with Gasteiger partial charge >= 0.3 is 5.63 Å². The van der Waals surface area contributed by atoms with E-state index in [0.29, 0.717) is 17.1 Å². The summed E-state index contributed by atoms with van der Waals surface area (Å²) in [7, 11) is 0. The summed E-state index contributed by atoms with van der Waals surface area (Å²) in [4.78, 5) is 24.1. The molecule has 1 aromatic heterocycles. The SMILES string of the molecule is Cc1cc2oc(=O)cc(CSCC(=O)N[C@H](C)CCc3ccccc3)c2cc1C. The topological polar surface area (TPSA) is 59.3 Å². The molecule has 0 bridgehead atoms. The van der Waals surface area contributed by atoms with E-state index in [-0.39, 0.29) is 17.6 Å². The minimum atomic E-state index is -0.352. The van der Waals surface area contributed by atoms with Crippen molar-refractivity contribution in [3.05, 3.63) is 81.2 Å². The number of aryl methyl sites for hydroxylation is 3. The highest BCUT2D eigenvalue weighted by Crippen LogP contribution is 2.24. The first-order chi connectivity index (χ1) is 13.9. The Morgan fingerprint density at radius 3 is 2.59 bits per heavy atom. The van der Waals surface area contributed by atoms with Crippen LogP contribution in [0, 0.1) is 13.8 Å². The van der Waals surface area contributed by atoms with Crippen molar-refractivity contribution >= 4 is 28.6 Å². The monoisotopic (exact) mass is 409 g/mol. The van der Waals surface area contributed by atoms with Gasteiger partial charge in [-0.1, -0.05) is 30.3 Å². The zero-order valence-electron chi connectivity index (χ0n) is 17.2. The van der Waals surface area contributed by atoms with Crippen LogP contribution in [0.15, 0.2) is 57.7 Å². The van der Waals surface area contributed by atoms with Crippen molar-refractivity contribution in [1.29, 1.82) is 0 Å². The maximum Gasteiger partial charge on any atom is 0.336 e. The van der Waals surface area contributed by atoms with Crippen molar-refractivity contribution in [3.63, 3.8) is 0 Å². The molecule has 0 saturated heterocycles. The van der Waals surface area contributed by atoms with Crippen LogP contribution >= 0.6 is 11.8 Å². The molecule has 1 amide bonds. The summed E-state index contributed by atoms with van der Waals surface area (Å²) in [5, 5.41) is 4.00. The molecule has 4 nitrogen and oxygen atoms in total. The number of carbonyl (C=O) groups is 1. The molecule has 0 aliphatic heterocycles. The van der Waals surface area contributed by atoms with Crippen LogP contribution in [0.4, 0.5) is 0 Å². The van der Waals surface area contributed by atoms with E-state index in [1.807, 2.05) is 45.0 Å². The second-order valence-electron chi connectivity index (χ2n) is 7.51. The lowest BCUT2D eigenvalue weighted by Gasteiger charge is -2.14. The molecule has 1 atom stereocenters. The largest absolute Gasteiger partial charge is 0.423 e. The second kappa shape index (κ2) is 9.79. The number of benzene rings is 2. The van der Waals surface area contributed by atoms with Crippen molar-refractivity contribution in [3.8, 4) is 0 Å². The number of nitrogens with one attached hydrogen (secondary N) is 1. The number of rotatable bonds is 8. The van der Waals surface area contributed by atoms with Gasteiger partial charge in [-0.3, -0.25) is 4.79 Å². The van der Waals surface area contributed by atoms with Crippen molar-refractivity contribution < 1.29 is 9.21 Å². The lowest BCUT2D eigenvalue weighted by atomic mass is 10.0. The van der Waals surface area contributed by atoms with E-state index in [9.17, 15) is 9.59 Å². The van der Waals surface area contributed by atoms with Crippen LogP contribution in [-0.4, -0.2) is 17.7 Å². The van der Waals surface area contributed by atoms with Gasteiger partial charge < -0.3 is 9.73 Å². The van der Waals surface area contributed by atoms with Crippen molar-refractivity contribution in [2.24, 2.45) is 0 Å². The van der Waals surface area contributed by atoms with E-state index < -0.39 is 0 Å². The molecule has 3 aromatic rings. The fourth-order valence-electron chi connectivity index (χ4n) is 3.27. The summed E-state index contributed by atoms with van der Waals surface area (Å²) < 4.78 is 5.34. The Kier molecular flexibility index (Phi) is 7.15. The van der Waals surface area contributed by atoms with E-state index in [1.165, 1.54) is 23.4 Å². The number of hydrogen-bond acceptors (Lipinski definition) is 4. The van der Waals surface area contributed by atoms with Crippen LogP contribution in [0.2, 0.25) is 0 Å². The molecule has 0 saturated carbocycles. The van der Waals surface area contributed by atoms with Gasteiger partial charge in [0, 0.05) is 23.2 Å². The van der Waals surface area contributed by atoms with Crippen molar-refractivity contribution in [1.82, 2.24) is 5.32 Å². The molecule has 29 heavy (non-hydrogen) atoms. The van der Waals surface area contributed by atoms with Crippen LogP contribution in [0.25, 0.3) is 11.0 Å². The molecule has 0 spiro atoms. The maximum atomic E-state index is 12.3. The van der Waals surface area contributed by atoms with E-state index >= 15 is 0 Å². The quantitative estimate of drug-likeness (QED) is 0.544. The lowest BCUT2D eigenvalue weighted by molar-refractivity contribution is -0.119. The van der Waals surface area contributed by atoms with Gasteiger partial charge in [0.1, 0.15) is 5.58 Å². The zero-order valence-corrected chi connectivity index (χ0v) is 18.0. The summed E-state index contributed by atoms with van der Waals surface area (Å²) in [6.45, 7) is 6.08. The summed E-state index contributed by atoms with van der Waals surface area (Å²) in [6, 6.07) is 15.9. The van der Waals surface area contributed by atoms with E-state index in [4.69, 9.17) is 4.42 Å². The van der Waals surface area contributed by atoms with Crippen LogP contribution in [0.3, 0.4) is 0 Å².